The Bertz CT molecular complexity index is 1250. The maximum atomic E-state index is 2.52. The molecule has 0 radical (unpaired) electrons. The molecule has 0 saturated heterocycles. The van der Waals surface area contributed by atoms with Crippen molar-refractivity contribution in [2.75, 3.05) is 0 Å². The molecule has 0 fully saturated rings. The standard InChI is InChI=1S/C32H37Si.3ClH.Ti/c1-20-10-9-11-28(14-20)32-27(8)25(6)26(7)31(32)19-33(29-15-21(2)12-22(3)16-29)30-17-23(4)13-24(5)18-30;;;;/h9-18,33H,19H2,1-8H3;3*1H;/q;;;;+3/p-3. The van der Waals surface area contributed by atoms with Crippen molar-refractivity contribution in [2.45, 2.75) is 65.2 Å². The van der Waals surface area contributed by atoms with E-state index in [0.29, 0.717) is 0 Å². The van der Waals surface area contributed by atoms with Crippen molar-refractivity contribution in [1.82, 2.24) is 0 Å². The van der Waals surface area contributed by atoms with Crippen LogP contribution in [0.1, 0.15) is 54.2 Å². The Morgan fingerprint density at radius 2 is 1.05 bits per heavy atom. The number of aryl methyl sites for hydroxylation is 5. The average molecular weight is 604 g/mol. The van der Waals surface area contributed by atoms with Gasteiger partial charge in [-0.1, -0.05) is 0 Å². The third-order valence-electron chi connectivity index (χ3n) is 7.68. The van der Waals surface area contributed by atoms with Gasteiger partial charge in [-0.25, -0.2) is 0 Å². The maximum Gasteiger partial charge on any atom is -1.00 e. The fourth-order valence-corrected chi connectivity index (χ4v) is 11.6. The monoisotopic (exact) mass is 602 g/mol. The van der Waals surface area contributed by atoms with E-state index < -0.39 is 8.80 Å². The maximum absolute atomic E-state index is 2.52. The predicted molar refractivity (Wildman–Crippen MR) is 148 cm³/mol. The molecule has 0 saturated carbocycles. The van der Waals surface area contributed by atoms with Gasteiger partial charge in [0, 0.05) is 0 Å². The molecule has 0 nitrogen and oxygen atoms in total. The molecule has 194 valence electrons. The molecular weight excluding hydrogens is 567 g/mol. The van der Waals surface area contributed by atoms with Crippen molar-refractivity contribution in [3.63, 3.8) is 0 Å². The van der Waals surface area contributed by atoms with E-state index in [9.17, 15) is 0 Å². The summed E-state index contributed by atoms with van der Waals surface area (Å²) in [6.07, 6.45) is 0. The van der Waals surface area contributed by atoms with Gasteiger partial charge in [-0.3, -0.25) is 0 Å². The molecule has 1 atom stereocenters. The van der Waals surface area contributed by atoms with Crippen LogP contribution in [0.2, 0.25) is 9.76 Å². The Balaban J connectivity index is 0.00000228. The third-order valence-corrected chi connectivity index (χ3v) is 12.9. The first-order valence-electron chi connectivity index (χ1n) is 12.4. The smallest absolute Gasteiger partial charge is 1.00 e. The zero-order chi connectivity index (χ0) is 24.8. The van der Waals surface area contributed by atoms with Crippen LogP contribution in [-0.2, 0) is 20.4 Å². The first-order chi connectivity index (χ1) is 16.0. The first kappa shape index (κ1) is 34.0. The van der Waals surface area contributed by atoms with Crippen molar-refractivity contribution in [3.05, 3.63) is 111 Å². The van der Waals surface area contributed by atoms with Gasteiger partial charge >= 0.3 is 221 Å². The molecule has 4 rings (SSSR count). The molecule has 0 spiro atoms. The fourth-order valence-electron chi connectivity index (χ4n) is 5.97. The van der Waals surface area contributed by atoms with Crippen LogP contribution in [0.4, 0.5) is 0 Å². The Labute approximate surface area is 256 Å². The van der Waals surface area contributed by atoms with Gasteiger partial charge in [0.05, 0.1) is 0 Å². The summed E-state index contributed by atoms with van der Waals surface area (Å²) in [5.41, 5.74) is 14.3. The summed E-state index contributed by atoms with van der Waals surface area (Å²) in [5, 5.41) is 3.14. The molecule has 1 unspecified atom stereocenters. The van der Waals surface area contributed by atoms with Gasteiger partial charge in [0.2, 0.25) is 0 Å². The van der Waals surface area contributed by atoms with E-state index in [4.69, 9.17) is 0 Å². The zero-order valence-electron chi connectivity index (χ0n) is 23.2. The largest absolute Gasteiger partial charge is 1.00 e. The summed E-state index contributed by atoms with van der Waals surface area (Å²) >= 11 is 2.52. The van der Waals surface area contributed by atoms with Gasteiger partial charge in [-0.2, -0.15) is 0 Å². The van der Waals surface area contributed by atoms with Crippen LogP contribution in [0.5, 0.6) is 0 Å². The molecule has 3 aromatic rings. The summed E-state index contributed by atoms with van der Waals surface area (Å²) in [6.45, 7) is 18.3. The van der Waals surface area contributed by atoms with Crippen molar-refractivity contribution in [1.29, 1.82) is 0 Å². The molecule has 0 amide bonds. The number of rotatable bonds is 5. The minimum Gasteiger partial charge on any atom is -1.00 e. The second-order valence-electron chi connectivity index (χ2n) is 10.6. The summed E-state index contributed by atoms with van der Waals surface area (Å²) in [6, 6.07) is 24.8. The quantitative estimate of drug-likeness (QED) is 0.300. The summed E-state index contributed by atoms with van der Waals surface area (Å²) in [4.78, 5) is 0. The Kier molecular flexibility index (Phi) is 12.2. The van der Waals surface area contributed by atoms with E-state index in [0.717, 1.165) is 0 Å². The van der Waals surface area contributed by atoms with Crippen LogP contribution in [0.15, 0.2) is 77.4 Å². The zero-order valence-corrected chi connectivity index (χ0v) is 28.2. The second-order valence-corrected chi connectivity index (χ2v) is 14.8. The van der Waals surface area contributed by atoms with E-state index in [1.807, 2.05) is 0 Å². The molecule has 0 heterocycles. The average Bonchev–Trinajstić information content (AvgIpc) is 2.91. The van der Waals surface area contributed by atoms with Gasteiger partial charge in [-0.05, 0) is 0 Å². The van der Waals surface area contributed by atoms with Crippen LogP contribution < -0.4 is 47.6 Å². The van der Waals surface area contributed by atoms with E-state index in [1.165, 1.54) is 56.1 Å². The van der Waals surface area contributed by atoms with E-state index >= 15 is 0 Å². The third kappa shape index (κ3) is 6.93. The van der Waals surface area contributed by atoms with Crippen molar-refractivity contribution in [2.24, 2.45) is 0 Å². The normalized spacial score (nSPS) is 16.9. The topological polar surface area (TPSA) is 0 Å². The molecule has 5 heteroatoms. The summed E-state index contributed by atoms with van der Waals surface area (Å²) < 4.78 is 0.0359. The van der Waals surface area contributed by atoms with Gasteiger partial charge in [-0.15, -0.1) is 0 Å². The van der Waals surface area contributed by atoms with E-state index in [1.54, 1.807) is 15.9 Å². The molecular formula is C32H37Cl3SiTi. The summed E-state index contributed by atoms with van der Waals surface area (Å²) in [5.74, 6) is 0. The van der Waals surface area contributed by atoms with Gasteiger partial charge in [0.15, 0.2) is 0 Å². The molecule has 1 aliphatic rings. The number of benzene rings is 3. The molecule has 3 aromatic carbocycles. The predicted octanol–water partition coefficient (Wildman–Crippen LogP) is -1.89. The fraction of sp³-hybridized carbons (Fsp3) is 0.312. The van der Waals surface area contributed by atoms with Crippen LogP contribution in [0.25, 0.3) is 5.57 Å². The first-order valence-corrected chi connectivity index (χ1v) is 15.1. The minimum absolute atomic E-state index is 0. The Morgan fingerprint density at radius 3 is 1.49 bits per heavy atom. The SMILES string of the molecule is CC1=C(C)[C]([Ti+3])(C[SiH](c2cc(C)cc(C)c2)c2cc(C)cc(C)c2)C(c2cccc(C)c2)=C1C.[Cl-].[Cl-].[Cl-]. The van der Waals surface area contributed by atoms with Crippen molar-refractivity contribution < 1.29 is 57.7 Å². The molecule has 37 heavy (non-hydrogen) atoms. The molecule has 0 aliphatic heterocycles. The summed E-state index contributed by atoms with van der Waals surface area (Å²) in [7, 11) is -1.52. The Hall–Kier alpha value is -1.06. The molecule has 1 aliphatic carbocycles. The van der Waals surface area contributed by atoms with Gasteiger partial charge in [0.1, 0.15) is 0 Å². The van der Waals surface area contributed by atoms with Crippen LogP contribution in [-0.4, -0.2) is 8.80 Å². The van der Waals surface area contributed by atoms with Crippen molar-refractivity contribution >= 4 is 24.7 Å². The van der Waals surface area contributed by atoms with Crippen LogP contribution in [0, 0.1) is 34.6 Å². The number of halogens is 3. The van der Waals surface area contributed by atoms with E-state index in [2.05, 4.69) is 136 Å². The molecule has 0 aromatic heterocycles. The number of allylic oxidation sites excluding steroid dienone is 4. The minimum atomic E-state index is -1.52. The number of hydrogen-bond donors (Lipinski definition) is 0. The molecule has 0 bridgehead atoms. The van der Waals surface area contributed by atoms with E-state index in [-0.39, 0.29) is 40.9 Å². The Morgan fingerprint density at radius 1 is 0.595 bits per heavy atom. The second kappa shape index (κ2) is 13.3. The van der Waals surface area contributed by atoms with Crippen molar-refractivity contribution in [3.8, 4) is 0 Å². The van der Waals surface area contributed by atoms with Gasteiger partial charge < -0.3 is 37.2 Å². The molecule has 0 N–H and O–H groups in total. The van der Waals surface area contributed by atoms with Gasteiger partial charge in [0.25, 0.3) is 0 Å². The van der Waals surface area contributed by atoms with Crippen LogP contribution >= 0.6 is 0 Å². The van der Waals surface area contributed by atoms with Crippen LogP contribution in [0.3, 0.4) is 0 Å². The number of hydrogen-bond acceptors (Lipinski definition) is 0.